The zero-order chi connectivity index (χ0) is 18.3. The van der Waals surface area contributed by atoms with Crippen LogP contribution in [0.5, 0.6) is 0 Å². The molecule has 0 saturated carbocycles. The van der Waals surface area contributed by atoms with Crippen LogP contribution in [0.15, 0.2) is 24.3 Å². The molecule has 0 radical (unpaired) electrons. The third-order valence-corrected chi connectivity index (χ3v) is 4.88. The largest absolute Gasteiger partial charge is 0.461 e. The summed E-state index contributed by atoms with van der Waals surface area (Å²) in [4.78, 5) is 11.6. The van der Waals surface area contributed by atoms with Gasteiger partial charge in [0.2, 0.25) is 0 Å². The summed E-state index contributed by atoms with van der Waals surface area (Å²) in [5.74, 6) is -0.0565. The number of unbranched alkanes of at least 4 members (excludes halogenated alkanes) is 6. The van der Waals surface area contributed by atoms with Crippen LogP contribution in [-0.2, 0) is 9.53 Å². The third kappa shape index (κ3) is 9.84. The van der Waals surface area contributed by atoms with Crippen molar-refractivity contribution in [3.63, 3.8) is 0 Å². The van der Waals surface area contributed by atoms with Crippen LogP contribution in [0.2, 0.25) is 0 Å². The van der Waals surface area contributed by atoms with E-state index in [0.29, 0.717) is 12.8 Å². The van der Waals surface area contributed by atoms with E-state index in [2.05, 4.69) is 32.1 Å². The molecule has 0 amide bonds. The van der Waals surface area contributed by atoms with Crippen LogP contribution in [0, 0.1) is 5.92 Å². The molecule has 25 heavy (non-hydrogen) atoms. The molecule has 1 aliphatic rings. The Morgan fingerprint density at radius 2 is 1.72 bits per heavy atom. The van der Waals surface area contributed by atoms with Gasteiger partial charge in [-0.3, -0.25) is 4.79 Å². The zero-order valence-corrected chi connectivity index (χ0v) is 16.3. The van der Waals surface area contributed by atoms with E-state index in [-0.39, 0.29) is 18.0 Å². The second-order valence-corrected chi connectivity index (χ2v) is 7.23. The van der Waals surface area contributed by atoms with E-state index < -0.39 is 6.10 Å². The van der Waals surface area contributed by atoms with Crippen LogP contribution in [0.1, 0.15) is 90.9 Å². The van der Waals surface area contributed by atoms with E-state index in [4.69, 9.17) is 4.74 Å². The van der Waals surface area contributed by atoms with E-state index in [1.165, 1.54) is 38.5 Å². The summed E-state index contributed by atoms with van der Waals surface area (Å²) in [5.41, 5.74) is 0. The molecule has 0 bridgehead atoms. The fourth-order valence-electron chi connectivity index (χ4n) is 3.22. The molecule has 1 N–H and O–H groups in total. The van der Waals surface area contributed by atoms with Crippen molar-refractivity contribution in [1.82, 2.24) is 0 Å². The molecule has 0 aromatic carbocycles. The first-order chi connectivity index (χ1) is 12.2. The van der Waals surface area contributed by atoms with Crippen LogP contribution < -0.4 is 0 Å². The van der Waals surface area contributed by atoms with Crippen molar-refractivity contribution in [3.05, 3.63) is 24.3 Å². The second kappa shape index (κ2) is 14.1. The van der Waals surface area contributed by atoms with Gasteiger partial charge in [-0.05, 0) is 32.1 Å². The van der Waals surface area contributed by atoms with E-state index in [9.17, 15) is 9.90 Å². The highest BCUT2D eigenvalue weighted by atomic mass is 16.6. The fourth-order valence-corrected chi connectivity index (χ4v) is 3.22. The highest BCUT2D eigenvalue weighted by Gasteiger charge is 2.42. The standard InChI is InChI=1S/C22H38O3/c1-3-5-7-9-10-11-12-13-14-16-19(23)18-21-20(22(24)25-21)17-15-8-6-4-2/h10-11,13-14,19-21,23H,3-9,12,15-18H2,1-2H3/b11-10-,14-13-/t19-,20-,21-/m0/s1. The predicted octanol–water partition coefficient (Wildman–Crippen LogP) is 5.72. The van der Waals surface area contributed by atoms with E-state index in [1.807, 2.05) is 6.08 Å². The summed E-state index contributed by atoms with van der Waals surface area (Å²) in [7, 11) is 0. The molecule has 3 heteroatoms. The summed E-state index contributed by atoms with van der Waals surface area (Å²) >= 11 is 0. The van der Waals surface area contributed by atoms with Crippen molar-refractivity contribution in [1.29, 1.82) is 0 Å². The minimum absolute atomic E-state index is 0.0153. The van der Waals surface area contributed by atoms with Gasteiger partial charge >= 0.3 is 5.97 Å². The first-order valence-electron chi connectivity index (χ1n) is 10.4. The molecular weight excluding hydrogens is 312 g/mol. The lowest BCUT2D eigenvalue weighted by atomic mass is 9.87. The lowest BCUT2D eigenvalue weighted by Gasteiger charge is -2.36. The smallest absolute Gasteiger partial charge is 0.313 e. The van der Waals surface area contributed by atoms with Gasteiger partial charge in [0.15, 0.2) is 0 Å². The van der Waals surface area contributed by atoms with Crippen molar-refractivity contribution >= 4 is 5.97 Å². The number of aliphatic hydroxyl groups excluding tert-OH is 1. The first kappa shape index (κ1) is 22.0. The van der Waals surface area contributed by atoms with Crippen LogP contribution >= 0.6 is 0 Å². The number of aliphatic hydroxyl groups is 1. The van der Waals surface area contributed by atoms with Crippen molar-refractivity contribution < 1.29 is 14.6 Å². The molecule has 3 nitrogen and oxygen atoms in total. The van der Waals surface area contributed by atoms with E-state index in [0.717, 1.165) is 25.7 Å². The normalized spacial score (nSPS) is 21.6. The SMILES string of the molecule is CCCCC/C=C\C/C=C\C[C@H](O)C[C@@H]1OC(=O)[C@H]1CCCCCC. The fraction of sp³-hybridized carbons (Fsp3) is 0.773. The molecule has 1 heterocycles. The Labute approximate surface area is 154 Å². The van der Waals surface area contributed by atoms with Crippen molar-refractivity contribution in [2.24, 2.45) is 5.92 Å². The summed E-state index contributed by atoms with van der Waals surface area (Å²) in [6.07, 6.45) is 20.9. The minimum Gasteiger partial charge on any atom is -0.461 e. The maximum absolute atomic E-state index is 11.6. The molecule has 0 aromatic rings. The van der Waals surface area contributed by atoms with E-state index >= 15 is 0 Å². The van der Waals surface area contributed by atoms with Gasteiger partial charge in [-0.25, -0.2) is 0 Å². The van der Waals surface area contributed by atoms with Gasteiger partial charge in [0.05, 0.1) is 12.0 Å². The highest BCUT2D eigenvalue weighted by Crippen LogP contribution is 2.31. The predicted molar refractivity (Wildman–Crippen MR) is 104 cm³/mol. The molecule has 144 valence electrons. The molecule has 3 atom stereocenters. The molecule has 1 rings (SSSR count). The Balaban J connectivity index is 2.11. The Bertz CT molecular complexity index is 400. The van der Waals surface area contributed by atoms with Gasteiger partial charge in [-0.15, -0.1) is 0 Å². The molecule has 1 aliphatic heterocycles. The number of carbonyl (C=O) groups is 1. The van der Waals surface area contributed by atoms with Crippen LogP contribution in [0.4, 0.5) is 0 Å². The topological polar surface area (TPSA) is 46.5 Å². The van der Waals surface area contributed by atoms with Crippen molar-refractivity contribution in [3.8, 4) is 0 Å². The number of carbonyl (C=O) groups excluding carboxylic acids is 1. The Hall–Kier alpha value is -1.09. The van der Waals surface area contributed by atoms with Gasteiger partial charge in [-0.1, -0.05) is 76.7 Å². The molecule has 0 spiro atoms. The van der Waals surface area contributed by atoms with Crippen molar-refractivity contribution in [2.75, 3.05) is 0 Å². The second-order valence-electron chi connectivity index (χ2n) is 7.23. The first-order valence-corrected chi connectivity index (χ1v) is 10.4. The lowest BCUT2D eigenvalue weighted by molar-refractivity contribution is -0.188. The Morgan fingerprint density at radius 3 is 2.44 bits per heavy atom. The quantitative estimate of drug-likeness (QED) is 0.233. The van der Waals surface area contributed by atoms with Crippen molar-refractivity contribution in [2.45, 2.75) is 103 Å². The number of ether oxygens (including phenoxy) is 1. The van der Waals surface area contributed by atoms with Gasteiger partial charge < -0.3 is 9.84 Å². The molecule has 1 saturated heterocycles. The number of cyclic esters (lactones) is 1. The van der Waals surface area contributed by atoms with Gasteiger partial charge in [0, 0.05) is 6.42 Å². The molecule has 0 aromatic heterocycles. The lowest BCUT2D eigenvalue weighted by Crippen LogP contribution is -2.46. The molecule has 1 fully saturated rings. The maximum Gasteiger partial charge on any atom is 0.313 e. The summed E-state index contributed by atoms with van der Waals surface area (Å²) < 4.78 is 5.24. The Morgan fingerprint density at radius 1 is 1.00 bits per heavy atom. The summed E-state index contributed by atoms with van der Waals surface area (Å²) in [6, 6.07) is 0. The van der Waals surface area contributed by atoms with Gasteiger partial charge in [-0.2, -0.15) is 0 Å². The zero-order valence-electron chi connectivity index (χ0n) is 16.3. The number of rotatable bonds is 15. The third-order valence-electron chi connectivity index (χ3n) is 4.88. The summed E-state index contributed by atoms with van der Waals surface area (Å²) in [5, 5.41) is 10.1. The highest BCUT2D eigenvalue weighted by molar-refractivity contribution is 5.78. The summed E-state index contributed by atoms with van der Waals surface area (Å²) in [6.45, 7) is 4.41. The van der Waals surface area contributed by atoms with Gasteiger partial charge in [0.25, 0.3) is 0 Å². The number of hydrogen-bond acceptors (Lipinski definition) is 3. The van der Waals surface area contributed by atoms with E-state index in [1.54, 1.807) is 0 Å². The number of allylic oxidation sites excluding steroid dienone is 3. The number of esters is 1. The molecule has 0 aliphatic carbocycles. The molecule has 0 unspecified atom stereocenters. The van der Waals surface area contributed by atoms with Crippen LogP contribution in [0.3, 0.4) is 0 Å². The molecular formula is C22H38O3. The maximum atomic E-state index is 11.6. The monoisotopic (exact) mass is 350 g/mol. The average Bonchev–Trinajstić information content (AvgIpc) is 2.59. The van der Waals surface area contributed by atoms with Gasteiger partial charge in [0.1, 0.15) is 6.10 Å². The Kier molecular flexibility index (Phi) is 12.4. The van der Waals surface area contributed by atoms with Crippen LogP contribution in [0.25, 0.3) is 0 Å². The average molecular weight is 351 g/mol. The number of hydrogen-bond donors (Lipinski definition) is 1. The van der Waals surface area contributed by atoms with Crippen LogP contribution in [-0.4, -0.2) is 23.3 Å². The minimum atomic E-state index is -0.416.